The number of carbonyl (C=O) groups is 2. The maximum absolute atomic E-state index is 13.4. The standard InChI is InChI=1S/C32H37N5O2/c1-36-14-10-27(11-15-36)34-32(39)26-18-23-16-24(19-26)21-37-13-3-6-29(37)30(38)8-7-22-4-2-5-25(17-22)28-9-12-33-31(20-23)35-28/h2,4-5,9,12,16-19,27,29H,3,6-8,10-11,13-15,20-21H2,1H3,(H,34,39)/t29-/m0/s1. The van der Waals surface area contributed by atoms with Crippen molar-refractivity contribution in [3.8, 4) is 11.3 Å². The van der Waals surface area contributed by atoms with E-state index in [4.69, 9.17) is 4.98 Å². The van der Waals surface area contributed by atoms with Gasteiger partial charge in [0.2, 0.25) is 0 Å². The van der Waals surface area contributed by atoms with Crippen molar-refractivity contribution in [2.24, 2.45) is 0 Å². The van der Waals surface area contributed by atoms with Crippen LogP contribution in [0.4, 0.5) is 0 Å². The van der Waals surface area contributed by atoms with Crippen LogP contribution < -0.4 is 5.32 Å². The molecule has 3 aromatic rings. The lowest BCUT2D eigenvalue weighted by Gasteiger charge is -2.29. The zero-order valence-electron chi connectivity index (χ0n) is 22.7. The maximum atomic E-state index is 13.4. The van der Waals surface area contributed by atoms with Gasteiger partial charge in [-0.2, -0.15) is 0 Å². The Morgan fingerprint density at radius 3 is 2.67 bits per heavy atom. The van der Waals surface area contributed by atoms with Crippen LogP contribution in [0, 0.1) is 0 Å². The molecule has 6 bridgehead atoms. The second kappa shape index (κ2) is 11.4. The Kier molecular flexibility index (Phi) is 7.53. The Morgan fingerprint density at radius 1 is 0.949 bits per heavy atom. The van der Waals surface area contributed by atoms with E-state index in [1.54, 1.807) is 0 Å². The third-order valence-electron chi connectivity index (χ3n) is 8.44. The molecule has 1 atom stereocenters. The van der Waals surface area contributed by atoms with E-state index >= 15 is 0 Å². The van der Waals surface area contributed by atoms with Crippen LogP contribution in [-0.2, 0) is 24.2 Å². The van der Waals surface area contributed by atoms with Crippen LogP contribution in [0.25, 0.3) is 11.3 Å². The normalized spacial score (nSPS) is 20.9. The summed E-state index contributed by atoms with van der Waals surface area (Å²) in [5.41, 5.74) is 5.82. The molecule has 2 aromatic carbocycles. The Labute approximate surface area is 230 Å². The van der Waals surface area contributed by atoms with E-state index in [0.29, 0.717) is 30.7 Å². The highest BCUT2D eigenvalue weighted by Gasteiger charge is 2.30. The molecule has 0 spiro atoms. The number of carbonyl (C=O) groups excluding carboxylic acids is 2. The molecule has 39 heavy (non-hydrogen) atoms. The number of hydrogen-bond donors (Lipinski definition) is 1. The Morgan fingerprint density at radius 2 is 1.79 bits per heavy atom. The molecule has 4 heterocycles. The first-order valence-electron chi connectivity index (χ1n) is 14.3. The van der Waals surface area contributed by atoms with Crippen molar-refractivity contribution in [1.82, 2.24) is 25.1 Å². The average molecular weight is 524 g/mol. The molecular weight excluding hydrogens is 486 g/mol. The molecule has 2 saturated heterocycles. The Balaban J connectivity index is 1.35. The maximum Gasteiger partial charge on any atom is 0.251 e. The van der Waals surface area contributed by atoms with Gasteiger partial charge >= 0.3 is 0 Å². The minimum atomic E-state index is -0.0580. The lowest BCUT2D eigenvalue weighted by Crippen LogP contribution is -2.43. The van der Waals surface area contributed by atoms with Gasteiger partial charge in [-0.25, -0.2) is 9.97 Å². The van der Waals surface area contributed by atoms with Crippen LogP contribution in [0.3, 0.4) is 0 Å². The van der Waals surface area contributed by atoms with E-state index < -0.39 is 0 Å². The van der Waals surface area contributed by atoms with Gasteiger partial charge < -0.3 is 10.2 Å². The number of fused-ring (bicyclic) bond motifs is 8. The number of ketones is 1. The first-order valence-corrected chi connectivity index (χ1v) is 14.3. The molecule has 3 aliphatic rings. The minimum absolute atomic E-state index is 0.0254. The van der Waals surface area contributed by atoms with Crippen LogP contribution >= 0.6 is 0 Å². The molecule has 7 heteroatoms. The second-order valence-electron chi connectivity index (χ2n) is 11.4. The second-order valence-corrected chi connectivity index (χ2v) is 11.4. The van der Waals surface area contributed by atoms with Crippen LogP contribution in [0.15, 0.2) is 54.7 Å². The van der Waals surface area contributed by atoms with Crippen molar-refractivity contribution in [1.29, 1.82) is 0 Å². The van der Waals surface area contributed by atoms with Gasteiger partial charge in [-0.3, -0.25) is 14.5 Å². The predicted molar refractivity (Wildman–Crippen MR) is 151 cm³/mol. The number of nitrogens with one attached hydrogen (secondary N) is 1. The summed E-state index contributed by atoms with van der Waals surface area (Å²) in [4.78, 5) is 40.8. The molecule has 1 N–H and O–H groups in total. The monoisotopic (exact) mass is 523 g/mol. The first-order chi connectivity index (χ1) is 19.0. The van der Waals surface area contributed by atoms with E-state index in [-0.39, 0.29) is 18.0 Å². The first kappa shape index (κ1) is 25.8. The number of hydrogen-bond acceptors (Lipinski definition) is 6. The highest BCUT2D eigenvalue weighted by atomic mass is 16.1. The van der Waals surface area contributed by atoms with Gasteiger partial charge in [-0.05, 0) is 99.7 Å². The van der Waals surface area contributed by atoms with Crippen LogP contribution in [0.5, 0.6) is 0 Å². The van der Waals surface area contributed by atoms with Crippen molar-refractivity contribution in [3.05, 3.63) is 82.8 Å². The molecule has 7 nitrogen and oxygen atoms in total. The fourth-order valence-corrected chi connectivity index (χ4v) is 6.27. The van der Waals surface area contributed by atoms with Crippen LogP contribution in [-0.4, -0.2) is 70.2 Å². The zero-order valence-corrected chi connectivity index (χ0v) is 22.7. The number of nitrogens with zero attached hydrogens (tertiary/aromatic N) is 4. The molecule has 0 radical (unpaired) electrons. The van der Waals surface area contributed by atoms with Crippen molar-refractivity contribution < 1.29 is 9.59 Å². The quantitative estimate of drug-likeness (QED) is 0.546. The number of amides is 1. The highest BCUT2D eigenvalue weighted by Crippen LogP contribution is 2.26. The average Bonchev–Trinajstić information content (AvgIpc) is 3.41. The minimum Gasteiger partial charge on any atom is -0.349 e. The largest absolute Gasteiger partial charge is 0.349 e. The number of aromatic nitrogens is 2. The third-order valence-corrected chi connectivity index (χ3v) is 8.44. The summed E-state index contributed by atoms with van der Waals surface area (Å²) in [5.74, 6) is 1.02. The smallest absolute Gasteiger partial charge is 0.251 e. The molecule has 202 valence electrons. The number of aryl methyl sites for hydroxylation is 1. The summed E-state index contributed by atoms with van der Waals surface area (Å²) in [6.45, 7) is 3.56. The van der Waals surface area contributed by atoms with E-state index in [9.17, 15) is 9.59 Å². The molecule has 1 aromatic heterocycles. The van der Waals surface area contributed by atoms with Crippen molar-refractivity contribution in [2.75, 3.05) is 26.7 Å². The number of piperidine rings is 1. The molecule has 0 saturated carbocycles. The fourth-order valence-electron chi connectivity index (χ4n) is 6.27. The van der Waals surface area contributed by atoms with Crippen molar-refractivity contribution in [2.45, 2.75) is 63.6 Å². The number of benzene rings is 2. The van der Waals surface area contributed by atoms with Gasteiger partial charge in [0.1, 0.15) is 11.6 Å². The van der Waals surface area contributed by atoms with Gasteiger partial charge in [0.25, 0.3) is 5.91 Å². The van der Waals surface area contributed by atoms with Crippen LogP contribution in [0.2, 0.25) is 0 Å². The van der Waals surface area contributed by atoms with E-state index in [2.05, 4.69) is 51.4 Å². The molecule has 2 fully saturated rings. The molecule has 0 unspecified atom stereocenters. The van der Waals surface area contributed by atoms with Gasteiger partial charge in [0.15, 0.2) is 0 Å². The molecule has 0 aliphatic carbocycles. The topological polar surface area (TPSA) is 78.4 Å². The predicted octanol–water partition coefficient (Wildman–Crippen LogP) is 4.04. The lowest BCUT2D eigenvalue weighted by atomic mass is 9.98. The molecule has 1 amide bonds. The Bertz CT molecular complexity index is 1360. The fraction of sp³-hybridized carbons (Fsp3) is 0.438. The van der Waals surface area contributed by atoms with Crippen LogP contribution in [0.1, 0.15) is 65.0 Å². The summed E-state index contributed by atoms with van der Waals surface area (Å²) in [7, 11) is 2.13. The summed E-state index contributed by atoms with van der Waals surface area (Å²) in [6.07, 6.45) is 7.47. The zero-order chi connectivity index (χ0) is 26.8. The van der Waals surface area contributed by atoms with E-state index in [0.717, 1.165) is 85.5 Å². The van der Waals surface area contributed by atoms with Gasteiger partial charge in [-0.15, -0.1) is 0 Å². The Hall–Kier alpha value is -3.42. The summed E-state index contributed by atoms with van der Waals surface area (Å²) >= 11 is 0. The number of rotatable bonds is 2. The number of Topliss-reactive ketones (excluding diaryl/α,β-unsaturated/α-hetero) is 1. The molecule has 3 aliphatic heterocycles. The van der Waals surface area contributed by atoms with E-state index in [1.807, 2.05) is 30.5 Å². The van der Waals surface area contributed by atoms with Crippen molar-refractivity contribution in [3.63, 3.8) is 0 Å². The third kappa shape index (κ3) is 6.10. The van der Waals surface area contributed by atoms with Gasteiger partial charge in [0.05, 0.1) is 11.7 Å². The highest BCUT2D eigenvalue weighted by molar-refractivity contribution is 5.94. The molecular formula is C32H37N5O2. The van der Waals surface area contributed by atoms with Crippen molar-refractivity contribution >= 4 is 11.7 Å². The van der Waals surface area contributed by atoms with Gasteiger partial charge in [-0.1, -0.05) is 24.3 Å². The van der Waals surface area contributed by atoms with Gasteiger partial charge in [0, 0.05) is 42.8 Å². The summed E-state index contributed by atoms with van der Waals surface area (Å²) < 4.78 is 0. The lowest BCUT2D eigenvalue weighted by molar-refractivity contribution is -0.123. The number of likely N-dealkylation sites (tertiary alicyclic amines) is 1. The molecule has 6 rings (SSSR count). The van der Waals surface area contributed by atoms with E-state index in [1.165, 1.54) is 0 Å². The summed E-state index contributed by atoms with van der Waals surface area (Å²) in [5, 5.41) is 3.28. The summed E-state index contributed by atoms with van der Waals surface area (Å²) in [6, 6.07) is 16.6. The SMILES string of the molecule is CN1CCC(NC(=O)c2cc3cc(c2)CN2CCC[C@H]2C(=O)CCc2cccc(c2)-c2ccnc(n2)C3)CC1.